The van der Waals surface area contributed by atoms with Gasteiger partial charge in [-0.15, -0.1) is 0 Å². The maximum atomic E-state index is 12.4. The number of esters is 1. The summed E-state index contributed by atoms with van der Waals surface area (Å²) in [5, 5.41) is 0. The van der Waals surface area contributed by atoms with E-state index in [1.165, 1.54) is 38.4 Å². The molecule has 0 aromatic heterocycles. The fourth-order valence-corrected chi connectivity index (χ4v) is 2.89. The first-order chi connectivity index (χ1) is 13.0. The number of ether oxygens (including phenoxy) is 1. The van der Waals surface area contributed by atoms with Gasteiger partial charge in [0.05, 0.1) is 18.2 Å². The molecule has 0 bridgehead atoms. The van der Waals surface area contributed by atoms with Gasteiger partial charge < -0.3 is 4.74 Å². The normalized spacial score (nSPS) is 10.4. The summed E-state index contributed by atoms with van der Waals surface area (Å²) in [5.74, 6) is -0.597. The van der Waals surface area contributed by atoms with E-state index in [9.17, 15) is 14.4 Å². The Labute approximate surface area is 160 Å². The molecular weight excluding hydrogens is 340 g/mol. The molecule has 0 saturated carbocycles. The molecule has 4 heteroatoms. The molecule has 0 unspecified atom stereocenters. The summed E-state index contributed by atoms with van der Waals surface area (Å²) in [6.45, 7) is 2.20. The zero-order valence-corrected chi connectivity index (χ0v) is 16.0. The maximum Gasteiger partial charge on any atom is 0.337 e. The van der Waals surface area contributed by atoms with E-state index in [0.29, 0.717) is 16.7 Å². The van der Waals surface area contributed by atoms with Gasteiger partial charge in [0.1, 0.15) is 6.42 Å². The van der Waals surface area contributed by atoms with E-state index in [1.54, 1.807) is 24.3 Å². The Kier molecular flexibility index (Phi) is 7.93. The molecule has 0 aliphatic heterocycles. The van der Waals surface area contributed by atoms with Crippen molar-refractivity contribution in [1.29, 1.82) is 0 Å². The maximum absolute atomic E-state index is 12.4. The minimum Gasteiger partial charge on any atom is -0.465 e. The van der Waals surface area contributed by atoms with Crippen molar-refractivity contribution in [3.63, 3.8) is 0 Å². The molecule has 0 saturated heterocycles. The van der Waals surface area contributed by atoms with Gasteiger partial charge in [-0.05, 0) is 42.7 Å². The van der Waals surface area contributed by atoms with Gasteiger partial charge in [0.2, 0.25) is 0 Å². The van der Waals surface area contributed by atoms with E-state index in [4.69, 9.17) is 0 Å². The minimum atomic E-state index is -0.446. The lowest BCUT2D eigenvalue weighted by atomic mass is 9.99. The molecule has 0 spiro atoms. The number of methoxy groups -OCH3 is 1. The summed E-state index contributed by atoms with van der Waals surface area (Å²) in [7, 11) is 1.31. The summed E-state index contributed by atoms with van der Waals surface area (Å²) >= 11 is 0. The third-order valence-electron chi connectivity index (χ3n) is 4.56. The number of rotatable bonds is 10. The van der Waals surface area contributed by atoms with Gasteiger partial charge >= 0.3 is 11.8 Å². The van der Waals surface area contributed by atoms with Crippen LogP contribution >= 0.6 is 0 Å². The van der Waals surface area contributed by atoms with Crippen molar-refractivity contribution >= 4 is 17.5 Å². The predicted molar refractivity (Wildman–Crippen MR) is 107 cm³/mol. The predicted octanol–water partition coefficient (Wildman–Crippen LogP) is 4.76. The van der Waals surface area contributed by atoms with Crippen LogP contribution in [0.25, 0.3) is 0 Å². The van der Waals surface area contributed by atoms with Gasteiger partial charge in [0.25, 0.3) is 0 Å². The molecule has 27 heavy (non-hydrogen) atoms. The van der Waals surface area contributed by atoms with E-state index < -0.39 is 5.97 Å². The topological polar surface area (TPSA) is 64.8 Å². The minimum absolute atomic E-state index is 0.0505. The fraction of sp³-hybridized carbons (Fsp3) is 0.348. The standard InChI is InChI=1S/C23H26O4/c1-3-4-5-6-7-17-8-10-18(11-9-17)21(24)16-22(25)19-12-14-20(15-13-19)23(26)27-2/h8-15H,3-7,16H2,1-2H3/p+1. The largest absolute Gasteiger partial charge is 0.465 e. The lowest BCUT2D eigenvalue weighted by Crippen LogP contribution is -2.10. The van der Waals surface area contributed by atoms with Crippen molar-refractivity contribution in [1.82, 2.24) is 0 Å². The van der Waals surface area contributed by atoms with E-state index in [1.807, 2.05) is 24.3 Å². The average molecular weight is 367 g/mol. The highest BCUT2D eigenvalue weighted by Gasteiger charge is 2.19. The van der Waals surface area contributed by atoms with Crippen LogP contribution < -0.4 is 0 Å². The summed E-state index contributed by atoms with van der Waals surface area (Å²) in [4.78, 5) is 34.1. The van der Waals surface area contributed by atoms with Gasteiger partial charge in [0.15, 0.2) is 5.78 Å². The van der Waals surface area contributed by atoms with E-state index in [0.717, 1.165) is 6.42 Å². The number of aryl methyl sites for hydroxylation is 1. The first-order valence-corrected chi connectivity index (χ1v) is 9.40. The van der Waals surface area contributed by atoms with Crippen LogP contribution in [0.5, 0.6) is 0 Å². The number of hydrogen-bond donors (Lipinski definition) is 0. The highest BCUT2D eigenvalue weighted by atomic mass is 16.5. The molecule has 0 amide bonds. The van der Waals surface area contributed by atoms with Gasteiger partial charge in [-0.3, -0.25) is 9.59 Å². The number of unbranched alkanes of at least 4 members (excludes halogenated alkanes) is 3. The first kappa shape index (κ1) is 20.6. The molecule has 4 nitrogen and oxygen atoms in total. The molecule has 1 N–H and O–H groups in total. The van der Waals surface area contributed by atoms with Gasteiger partial charge in [-0.25, -0.2) is 4.79 Å². The lowest BCUT2D eigenvalue weighted by Gasteiger charge is -2.03. The van der Waals surface area contributed by atoms with Crippen LogP contribution in [0.1, 0.15) is 70.9 Å². The molecule has 0 aliphatic carbocycles. The Morgan fingerprint density at radius 2 is 1.44 bits per heavy atom. The third-order valence-corrected chi connectivity index (χ3v) is 4.56. The molecule has 0 fully saturated rings. The smallest absolute Gasteiger partial charge is 0.337 e. The Balaban J connectivity index is 1.92. The van der Waals surface area contributed by atoms with Crippen LogP contribution in [0.4, 0.5) is 0 Å². The van der Waals surface area contributed by atoms with Crippen molar-refractivity contribution in [2.24, 2.45) is 0 Å². The molecule has 0 radical (unpaired) electrons. The first-order valence-electron chi connectivity index (χ1n) is 9.40. The van der Waals surface area contributed by atoms with Crippen molar-refractivity contribution in [2.75, 3.05) is 7.11 Å². The lowest BCUT2D eigenvalue weighted by molar-refractivity contribution is 0.0600. The van der Waals surface area contributed by atoms with Crippen LogP contribution in [0.2, 0.25) is 0 Å². The molecule has 2 aromatic carbocycles. The summed E-state index contributed by atoms with van der Waals surface area (Å²) in [6.07, 6.45) is 5.85. The van der Waals surface area contributed by atoms with E-state index >= 15 is 0 Å². The number of benzene rings is 2. The summed E-state index contributed by atoms with van der Waals surface area (Å²) in [5.41, 5.74) is 2.73. The van der Waals surface area contributed by atoms with Crippen LogP contribution in [-0.2, 0) is 11.2 Å². The average Bonchev–Trinajstić information content (AvgIpc) is 2.71. The number of carbonyl (C=O) groups is 2. The number of ketones is 2. The van der Waals surface area contributed by atoms with Crippen molar-refractivity contribution < 1.29 is 19.1 Å². The van der Waals surface area contributed by atoms with Crippen LogP contribution in [-0.4, -0.2) is 29.4 Å². The van der Waals surface area contributed by atoms with Gasteiger partial charge in [-0.1, -0.05) is 50.5 Å². The number of Topliss-reactive ketones (excluding diaryl/α,β-unsaturated/α-hetero) is 1. The highest BCUT2D eigenvalue weighted by molar-refractivity contribution is 6.14. The fourth-order valence-electron chi connectivity index (χ4n) is 2.89. The zero-order chi connectivity index (χ0) is 19.6. The van der Waals surface area contributed by atoms with Gasteiger partial charge in [-0.2, -0.15) is 0 Å². The van der Waals surface area contributed by atoms with E-state index in [2.05, 4.69) is 11.7 Å². The Hall–Kier alpha value is -2.75. The number of hydrogen-bond acceptors (Lipinski definition) is 3. The monoisotopic (exact) mass is 367 g/mol. The Bertz CT molecular complexity index is 773. The third kappa shape index (κ3) is 6.17. The second-order valence-corrected chi connectivity index (χ2v) is 6.62. The van der Waals surface area contributed by atoms with Crippen molar-refractivity contribution in [3.05, 3.63) is 70.8 Å². The highest BCUT2D eigenvalue weighted by Crippen LogP contribution is 2.13. The molecule has 0 atom stereocenters. The summed E-state index contributed by atoms with van der Waals surface area (Å²) in [6, 6.07) is 14.0. The van der Waals surface area contributed by atoms with Crippen molar-refractivity contribution in [3.8, 4) is 0 Å². The zero-order valence-electron chi connectivity index (χ0n) is 16.0. The molecule has 0 aliphatic rings. The molecule has 0 heterocycles. The quantitative estimate of drug-likeness (QED) is 0.200. The van der Waals surface area contributed by atoms with Crippen LogP contribution in [0.3, 0.4) is 0 Å². The summed E-state index contributed by atoms with van der Waals surface area (Å²) < 4.78 is 4.64. The Morgan fingerprint density at radius 3 is 2.04 bits per heavy atom. The molecule has 2 rings (SSSR count). The molecular formula is C23H27O4+. The molecule has 142 valence electrons. The SMILES string of the molecule is CCCCCCc1ccc(C(=[OH+])CC(=O)c2ccc(C(=O)OC)cc2)cc1. The second-order valence-electron chi connectivity index (χ2n) is 6.62. The van der Waals surface area contributed by atoms with Crippen LogP contribution in [0.15, 0.2) is 48.5 Å². The van der Waals surface area contributed by atoms with Crippen LogP contribution in [0, 0.1) is 0 Å². The number of carbonyl (C=O) groups excluding carboxylic acids is 3. The Morgan fingerprint density at radius 1 is 0.852 bits per heavy atom. The van der Waals surface area contributed by atoms with Crippen molar-refractivity contribution in [2.45, 2.75) is 45.4 Å². The van der Waals surface area contributed by atoms with Gasteiger partial charge in [0, 0.05) is 5.56 Å². The molecule has 2 aromatic rings. The second kappa shape index (κ2) is 10.4. The van der Waals surface area contributed by atoms with E-state index in [-0.39, 0.29) is 18.0 Å².